The number of halogens is 1. The molecule has 8 heteroatoms. The second-order valence-corrected chi connectivity index (χ2v) is 6.21. The van der Waals surface area contributed by atoms with Gasteiger partial charge in [0.2, 0.25) is 0 Å². The van der Waals surface area contributed by atoms with Crippen LogP contribution in [-0.2, 0) is 4.79 Å². The first-order valence-electron chi connectivity index (χ1n) is 7.18. The van der Waals surface area contributed by atoms with Gasteiger partial charge in [0, 0.05) is 16.1 Å². The summed E-state index contributed by atoms with van der Waals surface area (Å²) >= 11 is 7.76. The topological polar surface area (TPSA) is 90.7 Å². The first-order valence-corrected chi connectivity index (χ1v) is 8.79. The minimum atomic E-state index is -0.645. The summed E-state index contributed by atoms with van der Waals surface area (Å²) < 4.78 is 10.4. The van der Waals surface area contributed by atoms with Crippen molar-refractivity contribution >= 4 is 40.9 Å². The van der Waals surface area contributed by atoms with Gasteiger partial charge in [0.05, 0.1) is 12.1 Å². The Balaban J connectivity index is 2.21. The minimum absolute atomic E-state index is 0.142. The van der Waals surface area contributed by atoms with Gasteiger partial charge in [0.1, 0.15) is 0 Å². The van der Waals surface area contributed by atoms with Gasteiger partial charge in [0.15, 0.2) is 18.1 Å². The Morgan fingerprint density at radius 3 is 2.48 bits per heavy atom. The molecule has 2 aromatic rings. The lowest BCUT2D eigenvalue weighted by Gasteiger charge is -2.13. The number of thioether (sulfide) groups is 1. The van der Waals surface area contributed by atoms with Crippen LogP contribution in [0.1, 0.15) is 10.4 Å². The van der Waals surface area contributed by atoms with Crippen LogP contribution >= 0.6 is 23.4 Å². The maximum absolute atomic E-state index is 12.4. The van der Waals surface area contributed by atoms with Crippen LogP contribution in [0.4, 0.5) is 5.69 Å². The fourth-order valence-corrected chi connectivity index (χ4v) is 2.69. The summed E-state index contributed by atoms with van der Waals surface area (Å²) in [6.07, 6.45) is 1.98. The Morgan fingerprint density at radius 1 is 1.24 bits per heavy atom. The fraction of sp³-hybridized carbons (Fsp3) is 0.176. The Bertz CT molecular complexity index is 781. The van der Waals surface area contributed by atoms with Crippen LogP contribution in [0.2, 0.25) is 5.02 Å². The van der Waals surface area contributed by atoms with Gasteiger partial charge in [-0.25, -0.2) is 0 Å². The van der Waals surface area contributed by atoms with Crippen molar-refractivity contribution in [3.63, 3.8) is 0 Å². The number of ether oxygens (including phenoxy) is 2. The number of hydrogen-bond acceptors (Lipinski definition) is 5. The van der Waals surface area contributed by atoms with E-state index in [9.17, 15) is 9.59 Å². The number of nitrogens with two attached hydrogens (primary N) is 1. The zero-order valence-corrected chi connectivity index (χ0v) is 15.2. The third-order valence-electron chi connectivity index (χ3n) is 3.20. The van der Waals surface area contributed by atoms with Crippen molar-refractivity contribution < 1.29 is 19.1 Å². The fourth-order valence-electron chi connectivity index (χ4n) is 2.01. The van der Waals surface area contributed by atoms with Crippen LogP contribution in [0.5, 0.6) is 11.5 Å². The van der Waals surface area contributed by atoms with Gasteiger partial charge < -0.3 is 20.5 Å². The molecular formula is C17H17ClN2O4S. The maximum atomic E-state index is 12.4. The Morgan fingerprint density at radius 2 is 1.92 bits per heavy atom. The van der Waals surface area contributed by atoms with E-state index in [-0.39, 0.29) is 29.0 Å². The van der Waals surface area contributed by atoms with Crippen molar-refractivity contribution in [2.24, 2.45) is 5.73 Å². The average Bonchev–Trinajstić information content (AvgIpc) is 2.60. The number of anilines is 1. The molecule has 0 atom stereocenters. The molecule has 0 aromatic heterocycles. The number of carbonyl (C=O) groups excluding carboxylic acids is 2. The maximum Gasteiger partial charge on any atom is 0.255 e. The number of carbonyl (C=O) groups is 2. The van der Waals surface area contributed by atoms with Crippen LogP contribution in [0, 0.1) is 0 Å². The molecule has 6 nitrogen and oxygen atoms in total. The molecule has 132 valence electrons. The number of rotatable bonds is 7. The standard InChI is InChI=1S/C17H17ClN2O4S/c1-23-14-8-10(7-13(18)16(14)24-9-15(19)21)17(22)20-11-3-5-12(25-2)6-4-11/h3-8H,9H2,1-2H3,(H2,19,21)(H,20,22). The normalized spacial score (nSPS) is 10.2. The van der Waals surface area contributed by atoms with E-state index in [1.165, 1.54) is 19.2 Å². The molecule has 2 rings (SSSR count). The van der Waals surface area contributed by atoms with E-state index < -0.39 is 5.91 Å². The predicted molar refractivity (Wildman–Crippen MR) is 98.9 cm³/mol. The third-order valence-corrected chi connectivity index (χ3v) is 4.22. The summed E-state index contributed by atoms with van der Waals surface area (Å²) in [7, 11) is 1.41. The number of hydrogen-bond donors (Lipinski definition) is 2. The number of amides is 2. The lowest BCUT2D eigenvalue weighted by molar-refractivity contribution is -0.119. The van der Waals surface area contributed by atoms with Crippen molar-refractivity contribution in [2.75, 3.05) is 25.3 Å². The number of nitrogens with one attached hydrogen (secondary N) is 1. The number of methoxy groups -OCH3 is 1. The van der Waals surface area contributed by atoms with Crippen LogP contribution in [0.25, 0.3) is 0 Å². The number of benzene rings is 2. The van der Waals surface area contributed by atoms with E-state index >= 15 is 0 Å². The highest BCUT2D eigenvalue weighted by Gasteiger charge is 2.16. The monoisotopic (exact) mass is 380 g/mol. The smallest absolute Gasteiger partial charge is 0.255 e. The number of primary amides is 1. The van der Waals surface area contributed by atoms with E-state index in [1.54, 1.807) is 11.8 Å². The predicted octanol–water partition coefficient (Wildman–Crippen LogP) is 3.19. The lowest BCUT2D eigenvalue weighted by Crippen LogP contribution is -2.20. The van der Waals surface area contributed by atoms with E-state index in [0.717, 1.165) is 4.90 Å². The van der Waals surface area contributed by atoms with E-state index in [1.807, 2.05) is 30.5 Å². The summed E-state index contributed by atoms with van der Waals surface area (Å²) in [5.41, 5.74) is 6.01. The van der Waals surface area contributed by atoms with Crippen molar-refractivity contribution in [3.05, 3.63) is 47.0 Å². The van der Waals surface area contributed by atoms with E-state index in [4.69, 9.17) is 26.8 Å². The Kier molecular flexibility index (Phi) is 6.55. The van der Waals surface area contributed by atoms with Gasteiger partial charge in [0.25, 0.3) is 11.8 Å². The highest BCUT2D eigenvalue weighted by Crippen LogP contribution is 2.36. The van der Waals surface area contributed by atoms with Gasteiger partial charge in [-0.1, -0.05) is 11.6 Å². The van der Waals surface area contributed by atoms with Crippen LogP contribution in [0.3, 0.4) is 0 Å². The summed E-state index contributed by atoms with van der Waals surface area (Å²) in [6, 6.07) is 10.4. The lowest BCUT2D eigenvalue weighted by atomic mass is 10.1. The molecule has 2 aromatic carbocycles. The minimum Gasteiger partial charge on any atom is -0.493 e. The molecule has 0 saturated carbocycles. The van der Waals surface area contributed by atoms with E-state index in [0.29, 0.717) is 11.3 Å². The first kappa shape index (κ1) is 19.0. The van der Waals surface area contributed by atoms with E-state index in [2.05, 4.69) is 5.32 Å². The summed E-state index contributed by atoms with van der Waals surface area (Å²) in [4.78, 5) is 24.4. The van der Waals surface area contributed by atoms with Crippen molar-refractivity contribution in [1.29, 1.82) is 0 Å². The van der Waals surface area contributed by atoms with Gasteiger partial charge in [-0.05, 0) is 42.7 Å². The molecule has 2 amide bonds. The van der Waals surface area contributed by atoms with Crippen molar-refractivity contribution in [3.8, 4) is 11.5 Å². The Hall–Kier alpha value is -2.38. The first-order chi connectivity index (χ1) is 11.9. The zero-order chi connectivity index (χ0) is 18.4. The molecule has 0 saturated heterocycles. The van der Waals surface area contributed by atoms with Crippen molar-refractivity contribution in [2.45, 2.75) is 4.90 Å². The summed E-state index contributed by atoms with van der Waals surface area (Å²) in [5, 5.41) is 2.92. The molecule has 0 spiro atoms. The van der Waals surface area contributed by atoms with Crippen LogP contribution in [-0.4, -0.2) is 31.8 Å². The molecule has 0 fully saturated rings. The molecular weight excluding hydrogens is 364 g/mol. The summed E-state index contributed by atoms with van der Waals surface area (Å²) in [5.74, 6) is -0.604. The quantitative estimate of drug-likeness (QED) is 0.720. The molecule has 0 radical (unpaired) electrons. The molecule has 0 aliphatic rings. The molecule has 0 bridgehead atoms. The second-order valence-electron chi connectivity index (χ2n) is 4.93. The molecule has 25 heavy (non-hydrogen) atoms. The van der Waals surface area contributed by atoms with Gasteiger partial charge in [-0.3, -0.25) is 9.59 Å². The highest BCUT2D eigenvalue weighted by molar-refractivity contribution is 7.98. The van der Waals surface area contributed by atoms with Crippen molar-refractivity contribution in [1.82, 2.24) is 0 Å². The molecule has 0 heterocycles. The summed E-state index contributed by atoms with van der Waals surface area (Å²) in [6.45, 7) is -0.344. The zero-order valence-electron chi connectivity index (χ0n) is 13.7. The highest BCUT2D eigenvalue weighted by atomic mass is 35.5. The molecule has 0 aliphatic heterocycles. The average molecular weight is 381 g/mol. The third kappa shape index (κ3) is 5.04. The molecule has 0 aliphatic carbocycles. The van der Waals surface area contributed by atoms with Crippen LogP contribution in [0.15, 0.2) is 41.3 Å². The largest absolute Gasteiger partial charge is 0.493 e. The SMILES string of the molecule is COc1cc(C(=O)Nc2ccc(SC)cc2)cc(Cl)c1OCC(N)=O. The molecule has 0 unspecified atom stereocenters. The van der Waals surface area contributed by atoms with Gasteiger partial charge in [-0.2, -0.15) is 0 Å². The second kappa shape index (κ2) is 8.64. The molecule has 3 N–H and O–H groups in total. The van der Waals surface area contributed by atoms with Gasteiger partial charge >= 0.3 is 0 Å². The van der Waals surface area contributed by atoms with Crippen LogP contribution < -0.4 is 20.5 Å². The Labute approximate surface area is 154 Å². The van der Waals surface area contributed by atoms with Gasteiger partial charge in [-0.15, -0.1) is 11.8 Å².